The van der Waals surface area contributed by atoms with Crippen molar-refractivity contribution in [2.75, 3.05) is 0 Å². The highest BCUT2D eigenvalue weighted by atomic mass is 15.3. The van der Waals surface area contributed by atoms with E-state index in [1.54, 1.807) is 36.1 Å². The number of hydrogen-bond donors (Lipinski definition) is 0. The third-order valence-electron chi connectivity index (χ3n) is 1.81. The van der Waals surface area contributed by atoms with Gasteiger partial charge in [-0.2, -0.15) is 15.5 Å². The molecule has 14 heavy (non-hydrogen) atoms. The van der Waals surface area contributed by atoms with Gasteiger partial charge in [-0.25, -0.2) is 4.68 Å². The first-order chi connectivity index (χ1) is 6.81. The molecule has 0 spiro atoms. The number of hydrogen-bond acceptors (Lipinski definition) is 4. The molecule has 68 valence electrons. The van der Waals surface area contributed by atoms with Gasteiger partial charge in [-0.05, 0) is 19.1 Å². The largest absolute Gasteiger partial charge is 0.219 e. The van der Waals surface area contributed by atoms with E-state index in [4.69, 9.17) is 5.26 Å². The Hall–Kier alpha value is -2.22. The first-order valence-electron chi connectivity index (χ1n) is 4.05. The zero-order valence-electron chi connectivity index (χ0n) is 7.55. The average Bonchev–Trinajstić information content (AvgIpc) is 2.61. The summed E-state index contributed by atoms with van der Waals surface area (Å²) in [5.74, 6) is 0.608. The minimum atomic E-state index is 0.552. The van der Waals surface area contributed by atoms with Crippen molar-refractivity contribution in [1.29, 1.82) is 5.26 Å². The fourth-order valence-corrected chi connectivity index (χ4v) is 1.10. The molecule has 2 aromatic heterocycles. The quantitative estimate of drug-likeness (QED) is 0.660. The number of nitriles is 1. The maximum atomic E-state index is 8.74. The van der Waals surface area contributed by atoms with E-state index in [2.05, 4.69) is 21.4 Å². The van der Waals surface area contributed by atoms with Crippen LogP contribution in [-0.2, 0) is 0 Å². The molecule has 0 saturated heterocycles. The minimum Gasteiger partial charge on any atom is -0.219 e. The molecule has 0 fully saturated rings. The summed E-state index contributed by atoms with van der Waals surface area (Å²) in [7, 11) is 0. The molecule has 0 aliphatic heterocycles. The molecule has 0 aliphatic carbocycles. The van der Waals surface area contributed by atoms with Crippen LogP contribution in [-0.4, -0.2) is 20.0 Å². The number of nitrogens with zero attached hydrogens (tertiary/aromatic N) is 5. The lowest BCUT2D eigenvalue weighted by molar-refractivity contribution is 0.803. The fourth-order valence-electron chi connectivity index (χ4n) is 1.10. The molecule has 5 nitrogen and oxygen atoms in total. The van der Waals surface area contributed by atoms with Crippen molar-refractivity contribution < 1.29 is 0 Å². The van der Waals surface area contributed by atoms with Crippen LogP contribution < -0.4 is 0 Å². The molecule has 0 atom stereocenters. The number of aryl methyl sites for hydroxylation is 1. The zero-order chi connectivity index (χ0) is 9.97. The summed E-state index contributed by atoms with van der Waals surface area (Å²) in [5, 5.41) is 20.5. The average molecular weight is 185 g/mol. The Morgan fingerprint density at radius 2 is 2.36 bits per heavy atom. The summed E-state index contributed by atoms with van der Waals surface area (Å²) in [4.78, 5) is 0. The van der Waals surface area contributed by atoms with E-state index in [9.17, 15) is 0 Å². The van der Waals surface area contributed by atoms with Crippen LogP contribution in [0.5, 0.6) is 0 Å². The maximum absolute atomic E-state index is 8.74. The second-order valence-electron chi connectivity index (χ2n) is 2.77. The third-order valence-corrected chi connectivity index (χ3v) is 1.81. The van der Waals surface area contributed by atoms with E-state index in [0.717, 1.165) is 0 Å². The Kier molecular flexibility index (Phi) is 1.95. The van der Waals surface area contributed by atoms with Gasteiger partial charge in [-0.15, -0.1) is 5.10 Å². The van der Waals surface area contributed by atoms with Crippen LogP contribution in [0.3, 0.4) is 0 Å². The van der Waals surface area contributed by atoms with E-state index in [1.165, 1.54) is 0 Å². The van der Waals surface area contributed by atoms with Gasteiger partial charge in [0.15, 0.2) is 5.82 Å². The molecular weight excluding hydrogens is 178 g/mol. The Morgan fingerprint density at radius 3 is 2.93 bits per heavy atom. The predicted molar refractivity (Wildman–Crippen MR) is 48.6 cm³/mol. The normalized spacial score (nSPS) is 9.71. The first kappa shape index (κ1) is 8.38. The fraction of sp³-hybridized carbons (Fsp3) is 0.111. The van der Waals surface area contributed by atoms with Crippen LogP contribution >= 0.6 is 0 Å². The molecular formula is C9H7N5. The molecule has 0 bridgehead atoms. The van der Waals surface area contributed by atoms with Crippen molar-refractivity contribution in [3.8, 4) is 11.9 Å². The van der Waals surface area contributed by atoms with Crippen LogP contribution in [0.25, 0.3) is 5.82 Å². The Bertz CT molecular complexity index is 480. The van der Waals surface area contributed by atoms with Gasteiger partial charge >= 0.3 is 0 Å². The van der Waals surface area contributed by atoms with E-state index < -0.39 is 0 Å². The SMILES string of the molecule is Cc1nn(-c2cccnn2)cc1C#N. The molecule has 0 amide bonds. The molecule has 5 heteroatoms. The van der Waals surface area contributed by atoms with E-state index in [-0.39, 0.29) is 0 Å². The number of rotatable bonds is 1. The van der Waals surface area contributed by atoms with Gasteiger partial charge in [0, 0.05) is 6.20 Å². The Morgan fingerprint density at radius 1 is 1.50 bits per heavy atom. The van der Waals surface area contributed by atoms with Crippen molar-refractivity contribution >= 4 is 0 Å². The monoisotopic (exact) mass is 185 g/mol. The predicted octanol–water partition coefficient (Wildman–Crippen LogP) is 0.842. The van der Waals surface area contributed by atoms with Crippen molar-refractivity contribution in [3.63, 3.8) is 0 Å². The van der Waals surface area contributed by atoms with Crippen LogP contribution in [0.1, 0.15) is 11.3 Å². The summed E-state index contributed by atoms with van der Waals surface area (Å²) in [5.41, 5.74) is 1.24. The molecule has 0 saturated carbocycles. The van der Waals surface area contributed by atoms with E-state index in [1.807, 2.05) is 0 Å². The molecule has 0 unspecified atom stereocenters. The number of aromatic nitrogens is 4. The lowest BCUT2D eigenvalue weighted by atomic mass is 10.3. The summed E-state index contributed by atoms with van der Waals surface area (Å²) in [6.45, 7) is 1.78. The van der Waals surface area contributed by atoms with Gasteiger partial charge in [0.2, 0.25) is 0 Å². The summed E-state index contributed by atoms with van der Waals surface area (Å²) in [6, 6.07) is 5.60. The Labute approximate surface area is 80.6 Å². The lowest BCUT2D eigenvalue weighted by Gasteiger charge is -1.95. The van der Waals surface area contributed by atoms with E-state index in [0.29, 0.717) is 17.1 Å². The summed E-state index contributed by atoms with van der Waals surface area (Å²) < 4.78 is 1.54. The van der Waals surface area contributed by atoms with E-state index >= 15 is 0 Å². The molecule has 0 aliphatic rings. The van der Waals surface area contributed by atoms with Gasteiger partial charge in [-0.3, -0.25) is 0 Å². The van der Waals surface area contributed by atoms with Crippen molar-refractivity contribution in [2.45, 2.75) is 6.92 Å². The zero-order valence-corrected chi connectivity index (χ0v) is 7.55. The van der Waals surface area contributed by atoms with Gasteiger partial charge in [0.1, 0.15) is 6.07 Å². The van der Waals surface area contributed by atoms with Crippen LogP contribution in [0.2, 0.25) is 0 Å². The van der Waals surface area contributed by atoms with Crippen LogP contribution in [0.4, 0.5) is 0 Å². The summed E-state index contributed by atoms with van der Waals surface area (Å²) in [6.07, 6.45) is 3.23. The Balaban J connectivity index is 2.50. The molecule has 0 aromatic carbocycles. The second-order valence-corrected chi connectivity index (χ2v) is 2.77. The first-order valence-corrected chi connectivity index (χ1v) is 4.05. The molecule has 2 heterocycles. The highest BCUT2D eigenvalue weighted by Gasteiger charge is 2.05. The maximum Gasteiger partial charge on any atom is 0.175 e. The highest BCUT2D eigenvalue weighted by molar-refractivity contribution is 5.33. The van der Waals surface area contributed by atoms with Gasteiger partial charge < -0.3 is 0 Å². The minimum absolute atomic E-state index is 0.552. The van der Waals surface area contributed by atoms with Crippen LogP contribution in [0.15, 0.2) is 24.5 Å². The lowest BCUT2D eigenvalue weighted by Crippen LogP contribution is -1.98. The third kappa shape index (κ3) is 1.33. The smallest absolute Gasteiger partial charge is 0.175 e. The molecule has 2 rings (SSSR count). The molecule has 2 aromatic rings. The molecule has 0 N–H and O–H groups in total. The van der Waals surface area contributed by atoms with Crippen LogP contribution in [0, 0.1) is 18.3 Å². The van der Waals surface area contributed by atoms with Gasteiger partial charge in [-0.1, -0.05) is 0 Å². The topological polar surface area (TPSA) is 67.4 Å². The second kappa shape index (κ2) is 3.26. The van der Waals surface area contributed by atoms with Gasteiger partial charge in [0.25, 0.3) is 0 Å². The van der Waals surface area contributed by atoms with Gasteiger partial charge in [0.05, 0.1) is 17.5 Å². The standard InChI is InChI=1S/C9H7N5/c1-7-8(5-10)6-14(13-7)9-3-2-4-11-12-9/h2-4,6H,1H3. The molecule has 0 radical (unpaired) electrons. The highest BCUT2D eigenvalue weighted by Crippen LogP contribution is 2.07. The van der Waals surface area contributed by atoms with Crippen molar-refractivity contribution in [1.82, 2.24) is 20.0 Å². The van der Waals surface area contributed by atoms with Crippen molar-refractivity contribution in [3.05, 3.63) is 35.8 Å². The summed E-state index contributed by atoms with van der Waals surface area (Å²) >= 11 is 0. The van der Waals surface area contributed by atoms with Crippen molar-refractivity contribution in [2.24, 2.45) is 0 Å².